The molecule has 2 nitrogen and oxygen atoms in total. The van der Waals surface area contributed by atoms with E-state index in [2.05, 4.69) is 130 Å². The Labute approximate surface area is 217 Å². The van der Waals surface area contributed by atoms with Crippen LogP contribution in [-0.4, -0.2) is 8.75 Å². The summed E-state index contributed by atoms with van der Waals surface area (Å²) in [5, 5.41) is 9.89. The van der Waals surface area contributed by atoms with Crippen molar-refractivity contribution in [3.8, 4) is 22.3 Å². The minimum absolute atomic E-state index is 0.985. The van der Waals surface area contributed by atoms with Gasteiger partial charge in [-0.1, -0.05) is 103 Å². The third-order valence-corrected chi connectivity index (χ3v) is 8.04. The lowest BCUT2D eigenvalue weighted by Gasteiger charge is -2.11. The Balaban J connectivity index is 1.28. The van der Waals surface area contributed by atoms with Gasteiger partial charge in [0.2, 0.25) is 0 Å². The lowest BCUT2D eigenvalue weighted by molar-refractivity contribution is 1.61. The van der Waals surface area contributed by atoms with Gasteiger partial charge in [0.05, 0.1) is 11.7 Å². The third-order valence-electron chi connectivity index (χ3n) is 7.51. The molecule has 172 valence electrons. The van der Waals surface area contributed by atoms with Crippen LogP contribution in [0.15, 0.2) is 121 Å². The predicted molar refractivity (Wildman–Crippen MR) is 158 cm³/mol. The van der Waals surface area contributed by atoms with Crippen LogP contribution in [0.3, 0.4) is 0 Å². The van der Waals surface area contributed by atoms with Crippen molar-refractivity contribution in [1.29, 1.82) is 0 Å². The topological polar surface area (TPSA) is 25.8 Å². The van der Waals surface area contributed by atoms with Crippen molar-refractivity contribution in [3.63, 3.8) is 0 Å². The molecule has 0 radical (unpaired) electrons. The average Bonchev–Trinajstić information content (AvgIpc) is 3.47. The fraction of sp³-hybridized carbons (Fsp3) is 0. The van der Waals surface area contributed by atoms with Gasteiger partial charge in [0.15, 0.2) is 0 Å². The monoisotopic (exact) mass is 488 g/mol. The van der Waals surface area contributed by atoms with Gasteiger partial charge in [-0.05, 0) is 72.8 Å². The molecule has 8 rings (SSSR count). The maximum atomic E-state index is 4.68. The fourth-order valence-corrected chi connectivity index (χ4v) is 6.27. The lowest BCUT2D eigenvalue weighted by atomic mass is 9.93. The van der Waals surface area contributed by atoms with Gasteiger partial charge in [0, 0.05) is 10.8 Å². The number of nitrogens with zero attached hydrogens (tertiary/aromatic N) is 2. The zero-order chi connectivity index (χ0) is 24.3. The predicted octanol–water partition coefficient (Wildman–Crippen LogP) is 9.64. The molecule has 0 amide bonds. The highest BCUT2D eigenvalue weighted by Crippen LogP contribution is 2.37. The molecule has 0 bridgehead atoms. The van der Waals surface area contributed by atoms with Crippen LogP contribution in [0.1, 0.15) is 0 Å². The molecule has 0 spiro atoms. The minimum atomic E-state index is 0.985. The molecule has 0 saturated heterocycles. The zero-order valence-electron chi connectivity index (χ0n) is 19.8. The fourth-order valence-electron chi connectivity index (χ4n) is 5.69. The minimum Gasteiger partial charge on any atom is -0.172 e. The Hall–Kier alpha value is -4.60. The van der Waals surface area contributed by atoms with Crippen LogP contribution in [-0.2, 0) is 0 Å². The highest BCUT2D eigenvalue weighted by molar-refractivity contribution is 7.00. The van der Waals surface area contributed by atoms with Gasteiger partial charge in [-0.25, -0.2) is 0 Å². The highest BCUT2D eigenvalue weighted by atomic mass is 32.1. The van der Waals surface area contributed by atoms with Crippen LogP contribution in [0.5, 0.6) is 0 Å². The summed E-state index contributed by atoms with van der Waals surface area (Å²) in [7, 11) is 0. The normalized spacial score (nSPS) is 11.8. The van der Waals surface area contributed by atoms with Crippen molar-refractivity contribution < 1.29 is 0 Å². The van der Waals surface area contributed by atoms with Crippen molar-refractivity contribution in [1.82, 2.24) is 8.75 Å². The van der Waals surface area contributed by atoms with E-state index in [0.717, 1.165) is 21.8 Å². The van der Waals surface area contributed by atoms with Gasteiger partial charge >= 0.3 is 0 Å². The Morgan fingerprint density at radius 2 is 0.919 bits per heavy atom. The van der Waals surface area contributed by atoms with E-state index >= 15 is 0 Å². The van der Waals surface area contributed by atoms with E-state index in [9.17, 15) is 0 Å². The summed E-state index contributed by atoms with van der Waals surface area (Å²) >= 11 is 1.29. The molecule has 1 heterocycles. The van der Waals surface area contributed by atoms with Crippen LogP contribution in [0.25, 0.3) is 76.4 Å². The van der Waals surface area contributed by atoms with Crippen molar-refractivity contribution in [2.75, 3.05) is 0 Å². The molecule has 0 aliphatic rings. The third kappa shape index (κ3) is 3.18. The summed E-state index contributed by atoms with van der Waals surface area (Å²) < 4.78 is 9.31. The SMILES string of the molecule is c1cc(-c2ccc3c(ccc4ccccc43)c2)cc(-c2ccc3c4ccccc4c4nsnc4c3c2)c1. The summed E-state index contributed by atoms with van der Waals surface area (Å²) in [4.78, 5) is 0. The van der Waals surface area contributed by atoms with Gasteiger partial charge < -0.3 is 0 Å². The molecule has 7 aromatic carbocycles. The van der Waals surface area contributed by atoms with E-state index in [4.69, 9.17) is 0 Å². The molecular formula is C34H20N2S. The maximum Gasteiger partial charge on any atom is 0.113 e. The first-order valence-corrected chi connectivity index (χ1v) is 13.2. The summed E-state index contributed by atoms with van der Waals surface area (Å²) in [6, 6.07) is 43.9. The molecule has 0 unspecified atom stereocenters. The zero-order valence-corrected chi connectivity index (χ0v) is 20.7. The largest absolute Gasteiger partial charge is 0.172 e. The van der Waals surface area contributed by atoms with Crippen molar-refractivity contribution >= 4 is 65.9 Å². The first-order chi connectivity index (χ1) is 18.3. The summed E-state index contributed by atoms with van der Waals surface area (Å²) in [5.41, 5.74) is 6.79. The highest BCUT2D eigenvalue weighted by Gasteiger charge is 2.13. The van der Waals surface area contributed by atoms with Crippen LogP contribution < -0.4 is 0 Å². The van der Waals surface area contributed by atoms with Gasteiger partial charge in [-0.3, -0.25) is 0 Å². The smallest absolute Gasteiger partial charge is 0.113 e. The van der Waals surface area contributed by atoms with E-state index in [1.165, 1.54) is 66.3 Å². The molecule has 0 fully saturated rings. The van der Waals surface area contributed by atoms with E-state index in [1.54, 1.807) is 0 Å². The number of rotatable bonds is 2. The van der Waals surface area contributed by atoms with Gasteiger partial charge in [0.25, 0.3) is 0 Å². The number of aromatic nitrogens is 2. The van der Waals surface area contributed by atoms with Gasteiger partial charge in [-0.2, -0.15) is 8.75 Å². The number of hydrogen-bond donors (Lipinski definition) is 0. The number of fused-ring (bicyclic) bond motifs is 9. The molecule has 0 saturated carbocycles. The summed E-state index contributed by atoms with van der Waals surface area (Å²) in [6.45, 7) is 0. The Bertz CT molecular complexity index is 2160. The van der Waals surface area contributed by atoms with Crippen molar-refractivity contribution in [2.45, 2.75) is 0 Å². The number of hydrogen-bond acceptors (Lipinski definition) is 3. The molecule has 37 heavy (non-hydrogen) atoms. The molecular weight excluding hydrogens is 468 g/mol. The van der Waals surface area contributed by atoms with Crippen LogP contribution in [0.2, 0.25) is 0 Å². The van der Waals surface area contributed by atoms with Crippen LogP contribution in [0.4, 0.5) is 0 Å². The Morgan fingerprint density at radius 3 is 1.76 bits per heavy atom. The maximum absolute atomic E-state index is 4.68. The molecule has 1 aromatic heterocycles. The first kappa shape index (κ1) is 20.6. The average molecular weight is 489 g/mol. The van der Waals surface area contributed by atoms with Gasteiger partial charge in [-0.15, -0.1) is 0 Å². The Morgan fingerprint density at radius 1 is 0.351 bits per heavy atom. The van der Waals surface area contributed by atoms with Crippen LogP contribution >= 0.6 is 11.7 Å². The molecule has 8 aromatic rings. The molecule has 0 aliphatic carbocycles. The standard InChI is InChI=1S/C34H20N2S/c1-2-9-27-21(6-1)12-13-26-19-24(14-16-28(26)27)22-7-5-8-23(18-22)25-15-17-30-29-10-3-4-11-31(29)33-34(32(30)20-25)36-37-35-33/h1-20H. The number of benzene rings is 7. The summed E-state index contributed by atoms with van der Waals surface area (Å²) in [5.74, 6) is 0. The second kappa shape index (κ2) is 7.95. The van der Waals surface area contributed by atoms with Gasteiger partial charge in [0.1, 0.15) is 11.0 Å². The Kier molecular flexibility index (Phi) is 4.42. The molecule has 0 aliphatic heterocycles. The molecule has 0 atom stereocenters. The quantitative estimate of drug-likeness (QED) is 0.226. The van der Waals surface area contributed by atoms with Crippen molar-refractivity contribution in [3.05, 3.63) is 121 Å². The van der Waals surface area contributed by atoms with Crippen LogP contribution in [0, 0.1) is 0 Å². The molecule has 3 heteroatoms. The van der Waals surface area contributed by atoms with E-state index < -0.39 is 0 Å². The summed E-state index contributed by atoms with van der Waals surface area (Å²) in [6.07, 6.45) is 0. The van der Waals surface area contributed by atoms with Crippen molar-refractivity contribution in [2.24, 2.45) is 0 Å². The lowest BCUT2D eigenvalue weighted by Crippen LogP contribution is -1.86. The van der Waals surface area contributed by atoms with E-state index in [-0.39, 0.29) is 0 Å². The first-order valence-electron chi connectivity index (χ1n) is 12.4. The second-order valence-electron chi connectivity index (χ2n) is 9.57. The van der Waals surface area contributed by atoms with E-state index in [0.29, 0.717) is 0 Å². The molecule has 0 N–H and O–H groups in total. The second-order valence-corrected chi connectivity index (χ2v) is 10.1. The van der Waals surface area contributed by atoms with E-state index in [1.807, 2.05) is 0 Å².